The number of rotatable bonds is 3. The van der Waals surface area contributed by atoms with Crippen molar-refractivity contribution in [3.05, 3.63) is 57.3 Å². The first kappa shape index (κ1) is 19.7. The first-order valence-electron chi connectivity index (χ1n) is 7.56. The van der Waals surface area contributed by atoms with E-state index in [0.29, 0.717) is 16.2 Å². The van der Waals surface area contributed by atoms with Gasteiger partial charge in [-0.05, 0) is 23.8 Å². The predicted octanol–water partition coefficient (Wildman–Crippen LogP) is 4.04. The molecule has 0 saturated heterocycles. The molecule has 1 aromatic carbocycles. The maximum absolute atomic E-state index is 12.8. The molecule has 0 spiro atoms. The first-order chi connectivity index (χ1) is 12.6. The van der Waals surface area contributed by atoms with Gasteiger partial charge < -0.3 is 4.90 Å². The van der Waals surface area contributed by atoms with Crippen LogP contribution in [0.25, 0.3) is 11.0 Å². The minimum absolute atomic E-state index is 0.0567. The summed E-state index contributed by atoms with van der Waals surface area (Å²) in [4.78, 5) is 16.3. The van der Waals surface area contributed by atoms with Gasteiger partial charge in [0.1, 0.15) is 0 Å². The second-order valence-electron chi connectivity index (χ2n) is 5.77. The summed E-state index contributed by atoms with van der Waals surface area (Å²) in [6, 6.07) is 5.95. The fourth-order valence-corrected chi connectivity index (χ4v) is 5.13. The van der Waals surface area contributed by atoms with Crippen molar-refractivity contribution in [1.82, 2.24) is 4.98 Å². The van der Waals surface area contributed by atoms with Crippen LogP contribution in [-0.2, 0) is 20.4 Å². The Morgan fingerprint density at radius 3 is 2.63 bits per heavy atom. The molecular weight excluding hydrogens is 421 g/mol. The fourth-order valence-electron chi connectivity index (χ4n) is 2.74. The number of pyridine rings is 1. The minimum atomic E-state index is -3.76. The second-order valence-corrected chi connectivity index (χ2v) is 8.51. The molecule has 1 amide bonds. The lowest BCUT2D eigenvalue weighted by molar-refractivity contribution is -0.128. The number of hydrogen-bond donors (Lipinski definition) is 0. The molecule has 2 aromatic rings. The van der Waals surface area contributed by atoms with E-state index in [2.05, 4.69) is 4.98 Å². The van der Waals surface area contributed by atoms with Crippen molar-refractivity contribution in [2.45, 2.75) is 12.2 Å². The number of carbonyl (C=O) groups is 1. The Morgan fingerprint density at radius 2 is 1.96 bits per heavy atom. The van der Waals surface area contributed by atoms with Crippen LogP contribution >= 0.6 is 23.2 Å². The summed E-state index contributed by atoms with van der Waals surface area (Å²) in [7, 11) is -2.67. The average molecular weight is 433 g/mol. The van der Waals surface area contributed by atoms with Crippen molar-refractivity contribution in [3.8, 4) is 0 Å². The van der Waals surface area contributed by atoms with Gasteiger partial charge in [-0.1, -0.05) is 35.3 Å². The van der Waals surface area contributed by atoms with Crippen LogP contribution in [0, 0.1) is 0 Å². The van der Waals surface area contributed by atoms with Crippen LogP contribution in [-0.4, -0.2) is 32.8 Å². The lowest BCUT2D eigenvalue weighted by atomic mass is 10.1. The van der Waals surface area contributed by atoms with E-state index in [9.17, 15) is 22.0 Å². The van der Waals surface area contributed by atoms with Gasteiger partial charge in [-0.2, -0.15) is 8.78 Å². The summed E-state index contributed by atoms with van der Waals surface area (Å²) >= 11 is 12.3. The van der Waals surface area contributed by atoms with Crippen molar-refractivity contribution >= 4 is 55.6 Å². The Morgan fingerprint density at radius 1 is 1.26 bits per heavy atom. The van der Waals surface area contributed by atoms with Gasteiger partial charge in [0, 0.05) is 18.8 Å². The van der Waals surface area contributed by atoms with Gasteiger partial charge in [0.05, 0.1) is 32.1 Å². The number of nitrogens with zero attached hydrogens (tertiary/aromatic N) is 2. The zero-order valence-corrected chi connectivity index (χ0v) is 16.1. The van der Waals surface area contributed by atoms with Crippen molar-refractivity contribution in [2.75, 3.05) is 11.9 Å². The number of alkyl halides is 2. The third-order valence-electron chi connectivity index (χ3n) is 4.06. The van der Waals surface area contributed by atoms with E-state index in [1.807, 2.05) is 0 Å². The Balaban J connectivity index is 2.20. The van der Waals surface area contributed by atoms with E-state index < -0.39 is 22.2 Å². The zero-order valence-electron chi connectivity index (χ0n) is 13.8. The van der Waals surface area contributed by atoms with Crippen LogP contribution in [0.1, 0.15) is 16.8 Å². The number of carbonyl (C=O) groups excluding carboxylic acids is 1. The summed E-state index contributed by atoms with van der Waals surface area (Å²) in [6.07, 6.45) is -0.379. The van der Waals surface area contributed by atoms with E-state index in [1.54, 1.807) is 12.1 Å². The Bertz CT molecular complexity index is 1070. The standard InChI is InChI=1S/C17H12Cl2F2N2O3S/c1-23(17(24)16(20)21)15-11(18)5-4-10(14(15)19)13-7-12-9(3-2-6-22-12)8-27(13,25)26/h2-7,16H,8H2,1H3. The van der Waals surface area contributed by atoms with Crippen LogP contribution in [0.5, 0.6) is 0 Å². The van der Waals surface area contributed by atoms with Crippen LogP contribution in [0.3, 0.4) is 0 Å². The molecule has 0 N–H and O–H groups in total. The molecule has 0 bridgehead atoms. The highest BCUT2D eigenvalue weighted by molar-refractivity contribution is 8.00. The average Bonchev–Trinajstić information content (AvgIpc) is 2.60. The van der Waals surface area contributed by atoms with E-state index in [0.717, 1.165) is 7.05 Å². The summed E-state index contributed by atoms with van der Waals surface area (Å²) in [5.74, 6) is -1.79. The number of aromatic nitrogens is 1. The molecule has 2 heterocycles. The van der Waals surface area contributed by atoms with Crippen molar-refractivity contribution < 1.29 is 22.0 Å². The lowest BCUT2D eigenvalue weighted by Gasteiger charge is -2.23. The largest absolute Gasteiger partial charge is 0.316 e. The second kappa shape index (κ2) is 7.18. The highest BCUT2D eigenvalue weighted by atomic mass is 35.5. The van der Waals surface area contributed by atoms with Crippen LogP contribution in [0.4, 0.5) is 14.5 Å². The molecule has 5 nitrogen and oxygen atoms in total. The molecule has 0 aliphatic carbocycles. The summed E-state index contributed by atoms with van der Waals surface area (Å²) in [6.45, 7) is 0. The number of halogens is 4. The molecule has 27 heavy (non-hydrogen) atoms. The van der Waals surface area contributed by atoms with Gasteiger partial charge in [0.15, 0.2) is 9.84 Å². The zero-order chi connectivity index (χ0) is 19.9. The summed E-state index contributed by atoms with van der Waals surface area (Å²) in [5, 5.41) is -0.277. The molecular formula is C17H12Cl2F2N2O3S. The van der Waals surface area contributed by atoms with Crippen molar-refractivity contribution in [2.24, 2.45) is 0 Å². The molecule has 1 aliphatic rings. The topological polar surface area (TPSA) is 67.3 Å². The van der Waals surface area contributed by atoms with E-state index in [-0.39, 0.29) is 32.0 Å². The minimum Gasteiger partial charge on any atom is -0.308 e. The Labute approximate surface area is 164 Å². The van der Waals surface area contributed by atoms with Crippen LogP contribution in [0.15, 0.2) is 30.5 Å². The Kier molecular flexibility index (Phi) is 5.24. The highest BCUT2D eigenvalue weighted by Gasteiger charge is 2.31. The number of hydrogen-bond acceptors (Lipinski definition) is 4. The van der Waals surface area contributed by atoms with Gasteiger partial charge >= 0.3 is 6.43 Å². The summed E-state index contributed by atoms with van der Waals surface area (Å²) < 4.78 is 51.0. The van der Waals surface area contributed by atoms with Crippen LogP contribution < -0.4 is 4.90 Å². The van der Waals surface area contributed by atoms with Gasteiger partial charge in [0.2, 0.25) is 0 Å². The smallest absolute Gasteiger partial charge is 0.308 e. The van der Waals surface area contributed by atoms with Gasteiger partial charge in [0.25, 0.3) is 5.91 Å². The third-order valence-corrected chi connectivity index (χ3v) is 6.45. The number of sulfone groups is 1. The fraction of sp³-hybridized carbons (Fsp3) is 0.176. The van der Waals surface area contributed by atoms with Crippen molar-refractivity contribution in [3.63, 3.8) is 0 Å². The van der Waals surface area contributed by atoms with E-state index in [1.165, 1.54) is 24.4 Å². The van der Waals surface area contributed by atoms with Crippen LogP contribution in [0.2, 0.25) is 10.0 Å². The summed E-state index contributed by atoms with van der Waals surface area (Å²) in [5.41, 5.74) is 0.869. The Hall–Kier alpha value is -2.03. The molecule has 0 fully saturated rings. The van der Waals surface area contributed by atoms with Crippen molar-refractivity contribution in [1.29, 1.82) is 0 Å². The molecule has 10 heteroatoms. The van der Waals surface area contributed by atoms with Gasteiger partial charge in [-0.15, -0.1) is 0 Å². The molecule has 0 atom stereocenters. The number of amides is 1. The SMILES string of the molecule is CN(C(=O)C(F)F)c1c(Cl)ccc(C2=Cc3ncccc3CS2(=O)=O)c1Cl. The molecule has 0 unspecified atom stereocenters. The maximum atomic E-state index is 12.8. The number of benzene rings is 1. The number of anilines is 1. The van der Waals surface area contributed by atoms with E-state index in [4.69, 9.17) is 23.2 Å². The molecule has 1 aromatic heterocycles. The number of fused-ring (bicyclic) bond motifs is 1. The molecule has 0 saturated carbocycles. The van der Waals surface area contributed by atoms with E-state index >= 15 is 0 Å². The molecule has 1 aliphatic heterocycles. The monoisotopic (exact) mass is 432 g/mol. The van der Waals surface area contributed by atoms with Gasteiger partial charge in [-0.3, -0.25) is 9.78 Å². The molecule has 0 radical (unpaired) electrons. The highest BCUT2D eigenvalue weighted by Crippen LogP contribution is 2.42. The normalized spacial score (nSPS) is 15.3. The predicted molar refractivity (Wildman–Crippen MR) is 101 cm³/mol. The first-order valence-corrected chi connectivity index (χ1v) is 9.96. The molecule has 142 valence electrons. The maximum Gasteiger partial charge on any atom is 0.316 e. The molecule has 3 rings (SSSR count). The third kappa shape index (κ3) is 3.56. The van der Waals surface area contributed by atoms with Gasteiger partial charge in [-0.25, -0.2) is 8.42 Å². The lowest BCUT2D eigenvalue weighted by Crippen LogP contribution is -2.32. The quantitative estimate of drug-likeness (QED) is 0.733.